The van der Waals surface area contributed by atoms with Gasteiger partial charge in [0.05, 0.1) is 17.1 Å². The van der Waals surface area contributed by atoms with E-state index in [4.69, 9.17) is 0 Å². The zero-order chi connectivity index (χ0) is 14.4. The van der Waals surface area contributed by atoms with Crippen LogP contribution < -0.4 is 10.7 Å². The molecule has 0 spiro atoms. The van der Waals surface area contributed by atoms with Crippen molar-refractivity contribution in [3.63, 3.8) is 0 Å². The molecule has 2 heterocycles. The summed E-state index contributed by atoms with van der Waals surface area (Å²) in [4.78, 5) is 15.0. The van der Waals surface area contributed by atoms with E-state index in [-0.39, 0.29) is 10.6 Å². The highest BCUT2D eigenvalue weighted by Gasteiger charge is 2.14. The highest BCUT2D eigenvalue weighted by molar-refractivity contribution is 5.54. The molecule has 2 N–H and O–H groups in total. The Balaban J connectivity index is 2.12. The molecule has 1 aromatic heterocycles. The summed E-state index contributed by atoms with van der Waals surface area (Å²) in [6, 6.07) is 2.95. The molecule has 2 rings (SSSR count). The van der Waals surface area contributed by atoms with Gasteiger partial charge >= 0.3 is 0 Å². The molecule has 0 aliphatic carbocycles. The molecule has 0 radical (unpaired) electrons. The first-order chi connectivity index (χ1) is 9.69. The zero-order valence-electron chi connectivity index (χ0n) is 11.8. The highest BCUT2D eigenvalue weighted by Crippen LogP contribution is 2.21. The van der Waals surface area contributed by atoms with Gasteiger partial charge in [0.1, 0.15) is 11.6 Å². The van der Waals surface area contributed by atoms with Crippen LogP contribution in [0.4, 0.5) is 17.3 Å². The van der Waals surface area contributed by atoms with E-state index in [1.54, 1.807) is 0 Å². The van der Waals surface area contributed by atoms with E-state index < -0.39 is 0 Å². The fraction of sp³-hybridized carbons (Fsp3) is 0.615. The standard InChI is InChI=1S/C13H21N5O2/c1-2-6-14-12-9-11(18(19)20)10-13(15-12)16-17-7-4-3-5-8-17/h9-10H,2-8H2,1H3,(H2,14,15,16). The first-order valence-electron chi connectivity index (χ1n) is 7.11. The third-order valence-corrected chi connectivity index (χ3v) is 3.21. The minimum Gasteiger partial charge on any atom is -0.370 e. The lowest BCUT2D eigenvalue weighted by Crippen LogP contribution is -2.35. The minimum atomic E-state index is -0.389. The van der Waals surface area contributed by atoms with E-state index >= 15 is 0 Å². The predicted octanol–water partition coefficient (Wildman–Crippen LogP) is 2.62. The lowest BCUT2D eigenvalue weighted by molar-refractivity contribution is -0.384. The molecular weight excluding hydrogens is 258 g/mol. The molecule has 1 saturated heterocycles. The second kappa shape index (κ2) is 7.04. The zero-order valence-corrected chi connectivity index (χ0v) is 11.8. The van der Waals surface area contributed by atoms with Crippen LogP contribution in [0, 0.1) is 10.1 Å². The summed E-state index contributed by atoms with van der Waals surface area (Å²) in [6.45, 7) is 4.68. The van der Waals surface area contributed by atoms with Crippen LogP contribution in [0.15, 0.2) is 12.1 Å². The molecular formula is C13H21N5O2. The Morgan fingerprint density at radius 2 is 2.00 bits per heavy atom. The maximum atomic E-state index is 11.0. The summed E-state index contributed by atoms with van der Waals surface area (Å²) in [5, 5.41) is 16.1. The third-order valence-electron chi connectivity index (χ3n) is 3.21. The number of nitro groups is 1. The normalized spacial score (nSPS) is 15.8. The third kappa shape index (κ3) is 4.06. The van der Waals surface area contributed by atoms with Crippen LogP contribution in [0.25, 0.3) is 0 Å². The van der Waals surface area contributed by atoms with Crippen molar-refractivity contribution in [3.05, 3.63) is 22.2 Å². The number of hydrazine groups is 1. The number of hydrogen-bond donors (Lipinski definition) is 2. The Morgan fingerprint density at radius 1 is 1.30 bits per heavy atom. The number of nitrogens with zero attached hydrogens (tertiary/aromatic N) is 3. The quantitative estimate of drug-likeness (QED) is 0.615. The van der Waals surface area contributed by atoms with Gasteiger partial charge < -0.3 is 10.7 Å². The maximum Gasteiger partial charge on any atom is 0.276 e. The Labute approximate surface area is 118 Å². The van der Waals surface area contributed by atoms with Crippen LogP contribution in [0.1, 0.15) is 32.6 Å². The van der Waals surface area contributed by atoms with Crippen LogP contribution in [0.3, 0.4) is 0 Å². The first kappa shape index (κ1) is 14.5. The van der Waals surface area contributed by atoms with Crippen molar-refractivity contribution < 1.29 is 4.92 Å². The second-order valence-corrected chi connectivity index (χ2v) is 4.94. The molecule has 20 heavy (non-hydrogen) atoms. The fourth-order valence-corrected chi connectivity index (χ4v) is 2.19. The number of rotatable bonds is 6. The molecule has 0 atom stereocenters. The molecule has 1 aliphatic rings. The van der Waals surface area contributed by atoms with Crippen LogP contribution in [-0.2, 0) is 0 Å². The number of piperidine rings is 1. The van der Waals surface area contributed by atoms with E-state index in [0.717, 1.165) is 38.9 Å². The highest BCUT2D eigenvalue weighted by atomic mass is 16.6. The van der Waals surface area contributed by atoms with Crippen LogP contribution in [0.5, 0.6) is 0 Å². The molecule has 0 unspecified atom stereocenters. The van der Waals surface area contributed by atoms with Crippen molar-refractivity contribution >= 4 is 17.3 Å². The van der Waals surface area contributed by atoms with Gasteiger partial charge in [0.25, 0.3) is 5.69 Å². The number of hydrogen-bond acceptors (Lipinski definition) is 6. The Morgan fingerprint density at radius 3 is 2.65 bits per heavy atom. The lowest BCUT2D eigenvalue weighted by Gasteiger charge is -2.27. The van der Waals surface area contributed by atoms with Crippen LogP contribution in [0.2, 0.25) is 0 Å². The van der Waals surface area contributed by atoms with Gasteiger partial charge in [-0.2, -0.15) is 0 Å². The van der Waals surface area contributed by atoms with Gasteiger partial charge in [-0.25, -0.2) is 9.99 Å². The number of aromatic nitrogens is 1. The monoisotopic (exact) mass is 279 g/mol. The Bertz CT molecular complexity index is 460. The largest absolute Gasteiger partial charge is 0.370 e. The van der Waals surface area contributed by atoms with Crippen molar-refractivity contribution in [2.45, 2.75) is 32.6 Å². The van der Waals surface area contributed by atoms with Crippen LogP contribution in [-0.4, -0.2) is 34.6 Å². The summed E-state index contributed by atoms with van der Waals surface area (Å²) in [7, 11) is 0. The van der Waals surface area contributed by atoms with E-state index in [0.29, 0.717) is 11.6 Å². The molecule has 1 fully saturated rings. The fourth-order valence-electron chi connectivity index (χ4n) is 2.19. The molecule has 0 aromatic carbocycles. The second-order valence-electron chi connectivity index (χ2n) is 4.94. The average Bonchev–Trinajstić information content (AvgIpc) is 2.46. The number of pyridine rings is 1. The molecule has 7 heteroatoms. The van der Waals surface area contributed by atoms with E-state index in [1.807, 2.05) is 6.92 Å². The SMILES string of the molecule is CCCNc1cc([N+](=O)[O-])cc(NN2CCCCC2)n1. The number of anilines is 2. The lowest BCUT2D eigenvalue weighted by atomic mass is 10.2. The van der Waals surface area contributed by atoms with Gasteiger partial charge in [-0.1, -0.05) is 13.3 Å². The molecule has 0 saturated carbocycles. The van der Waals surface area contributed by atoms with Gasteiger partial charge in [0, 0.05) is 19.6 Å². The van der Waals surface area contributed by atoms with Crippen molar-refractivity contribution in [2.75, 3.05) is 30.4 Å². The van der Waals surface area contributed by atoms with Crippen LogP contribution >= 0.6 is 0 Å². The van der Waals surface area contributed by atoms with Gasteiger partial charge in [0.2, 0.25) is 0 Å². The summed E-state index contributed by atoms with van der Waals surface area (Å²) in [5.74, 6) is 1.07. The van der Waals surface area contributed by atoms with Crippen molar-refractivity contribution in [3.8, 4) is 0 Å². The molecule has 0 amide bonds. The summed E-state index contributed by atoms with van der Waals surface area (Å²) >= 11 is 0. The van der Waals surface area contributed by atoms with Crippen molar-refractivity contribution in [1.82, 2.24) is 9.99 Å². The van der Waals surface area contributed by atoms with Crippen molar-refractivity contribution in [1.29, 1.82) is 0 Å². The summed E-state index contributed by atoms with van der Waals surface area (Å²) < 4.78 is 0. The van der Waals surface area contributed by atoms with E-state index in [9.17, 15) is 10.1 Å². The molecule has 7 nitrogen and oxygen atoms in total. The van der Waals surface area contributed by atoms with E-state index in [2.05, 4.69) is 20.7 Å². The average molecular weight is 279 g/mol. The molecule has 1 aliphatic heterocycles. The predicted molar refractivity (Wildman–Crippen MR) is 78.7 cm³/mol. The Kier molecular flexibility index (Phi) is 5.11. The first-order valence-corrected chi connectivity index (χ1v) is 7.11. The smallest absolute Gasteiger partial charge is 0.276 e. The van der Waals surface area contributed by atoms with Crippen molar-refractivity contribution in [2.24, 2.45) is 0 Å². The number of nitrogens with one attached hydrogen (secondary N) is 2. The van der Waals surface area contributed by atoms with Gasteiger partial charge in [0.15, 0.2) is 0 Å². The van der Waals surface area contributed by atoms with Gasteiger partial charge in [-0.15, -0.1) is 0 Å². The topological polar surface area (TPSA) is 83.3 Å². The van der Waals surface area contributed by atoms with Gasteiger partial charge in [-0.3, -0.25) is 10.1 Å². The van der Waals surface area contributed by atoms with Gasteiger partial charge in [-0.05, 0) is 19.3 Å². The molecule has 1 aromatic rings. The maximum absolute atomic E-state index is 11.0. The Hall–Kier alpha value is -1.89. The summed E-state index contributed by atoms with van der Waals surface area (Å²) in [6.07, 6.45) is 4.47. The summed E-state index contributed by atoms with van der Waals surface area (Å²) in [5.41, 5.74) is 3.22. The minimum absolute atomic E-state index is 0.0538. The van der Waals surface area contributed by atoms with E-state index in [1.165, 1.54) is 18.6 Å². The molecule has 0 bridgehead atoms. The molecule has 110 valence electrons.